The van der Waals surface area contributed by atoms with Crippen molar-refractivity contribution >= 4 is 11.8 Å². The van der Waals surface area contributed by atoms with Gasteiger partial charge in [-0.15, -0.1) is 6.58 Å². The monoisotopic (exact) mass is 115 g/mol. The number of allylic oxidation sites excluding steroid dienone is 1. The third-order valence-electron chi connectivity index (χ3n) is 0.697. The molecule has 0 aromatic carbocycles. The molecule has 0 aliphatic carbocycles. The van der Waals surface area contributed by atoms with E-state index in [9.17, 15) is 0 Å². The molecule has 0 fully saturated rings. The van der Waals surface area contributed by atoms with Crippen LogP contribution < -0.4 is 0 Å². The smallest absolute Gasteiger partial charge is 0.00235 e. The Morgan fingerprint density at radius 1 is 1.57 bits per heavy atom. The zero-order valence-electron chi connectivity index (χ0n) is 4.52. The molecule has 0 rings (SSSR count). The summed E-state index contributed by atoms with van der Waals surface area (Å²) in [5, 5.41) is 0. The Kier molecular flexibility index (Phi) is 6.17. The second-order valence-corrected chi connectivity index (χ2v) is 2.16. The predicted octanol–water partition coefficient (Wildman–Crippen LogP) is 2.48. The molecule has 0 saturated heterocycles. The molecular weight excluding hydrogens is 104 g/mol. The highest BCUT2D eigenvalue weighted by molar-refractivity contribution is 8.00. The van der Waals surface area contributed by atoms with Crippen molar-refractivity contribution in [1.29, 1.82) is 0 Å². The summed E-state index contributed by atoms with van der Waals surface area (Å²) < 4.78 is 0. The molecule has 0 spiro atoms. The summed E-state index contributed by atoms with van der Waals surface area (Å²) in [6.45, 7) is 3.60. The van der Waals surface area contributed by atoms with E-state index in [2.05, 4.69) is 12.8 Å². The molecule has 0 aliphatic heterocycles. The average Bonchev–Trinajstić information content (AvgIpc) is 1.69. The van der Waals surface area contributed by atoms with Gasteiger partial charge in [0.05, 0.1) is 0 Å². The van der Waals surface area contributed by atoms with Crippen LogP contribution in [0.1, 0.15) is 12.8 Å². The van der Waals surface area contributed by atoms with E-state index in [4.69, 9.17) is 0 Å². The van der Waals surface area contributed by atoms with Gasteiger partial charge >= 0.3 is 0 Å². The Balaban J connectivity index is 2.56. The summed E-state index contributed by atoms with van der Waals surface area (Å²) in [6.07, 6.45) is 7.93. The van der Waals surface area contributed by atoms with Gasteiger partial charge in [-0.2, -0.15) is 11.8 Å². The molecule has 0 heterocycles. The van der Waals surface area contributed by atoms with Gasteiger partial charge in [-0.05, 0) is 18.6 Å². The van der Waals surface area contributed by atoms with E-state index in [1.807, 2.05) is 6.08 Å². The molecule has 0 atom stereocenters. The molecule has 7 heavy (non-hydrogen) atoms. The van der Waals surface area contributed by atoms with E-state index in [0.29, 0.717) is 0 Å². The second-order valence-electron chi connectivity index (χ2n) is 1.34. The number of hydrogen-bond donors (Lipinski definition) is 0. The molecule has 0 aliphatic rings. The Morgan fingerprint density at radius 2 is 2.29 bits per heavy atom. The lowest BCUT2D eigenvalue weighted by Crippen LogP contribution is -1.71. The molecule has 0 saturated carbocycles. The van der Waals surface area contributed by atoms with Crippen molar-refractivity contribution < 1.29 is 0 Å². The minimum atomic E-state index is 1.13. The molecule has 0 nitrogen and oxygen atoms in total. The van der Waals surface area contributed by atoms with E-state index >= 15 is 0 Å². The number of hydrogen-bond acceptors (Lipinski definition) is 1. The highest BCUT2D eigenvalue weighted by Gasteiger charge is 1.77. The second kappa shape index (κ2) is 6.09. The van der Waals surface area contributed by atoms with Gasteiger partial charge in [-0.3, -0.25) is 0 Å². The molecule has 0 N–H and O–H groups in total. The molecule has 41 valence electrons. The topological polar surface area (TPSA) is 0 Å². The fourth-order valence-electron chi connectivity index (χ4n) is 0.330. The van der Waals surface area contributed by atoms with Crippen LogP contribution in [0.5, 0.6) is 0 Å². The SMILES string of the molecule is [CH2]SCCCC=C. The lowest BCUT2D eigenvalue weighted by atomic mass is 10.3. The van der Waals surface area contributed by atoms with Gasteiger partial charge < -0.3 is 0 Å². The zero-order chi connectivity index (χ0) is 5.54. The average molecular weight is 115 g/mol. The maximum Gasteiger partial charge on any atom is 0.00235 e. The first-order chi connectivity index (χ1) is 3.41. The van der Waals surface area contributed by atoms with Gasteiger partial charge in [0.15, 0.2) is 0 Å². The van der Waals surface area contributed by atoms with E-state index in [1.54, 1.807) is 11.8 Å². The zero-order valence-corrected chi connectivity index (χ0v) is 5.34. The summed E-state index contributed by atoms with van der Waals surface area (Å²) in [5.41, 5.74) is 0. The van der Waals surface area contributed by atoms with Crippen molar-refractivity contribution in [3.8, 4) is 0 Å². The van der Waals surface area contributed by atoms with Crippen LogP contribution in [-0.4, -0.2) is 5.75 Å². The first-order valence-electron chi connectivity index (χ1n) is 2.39. The minimum absolute atomic E-state index is 1.13. The molecule has 0 aromatic rings. The molecule has 1 heteroatoms. The van der Waals surface area contributed by atoms with Gasteiger partial charge in [0.1, 0.15) is 0 Å². The van der Waals surface area contributed by atoms with Crippen LogP contribution in [0.25, 0.3) is 0 Å². The molecule has 1 radical (unpaired) electrons. The number of unbranched alkanes of at least 4 members (excludes halogenated alkanes) is 1. The summed E-state index contributed by atoms with van der Waals surface area (Å²) in [4.78, 5) is 0. The maximum absolute atomic E-state index is 3.64. The first kappa shape index (κ1) is 7.09. The van der Waals surface area contributed by atoms with Crippen LogP contribution in [0.4, 0.5) is 0 Å². The molecule has 0 aromatic heterocycles. The van der Waals surface area contributed by atoms with Crippen molar-refractivity contribution in [2.24, 2.45) is 0 Å². The van der Waals surface area contributed by atoms with Crippen molar-refractivity contribution in [3.63, 3.8) is 0 Å². The minimum Gasteiger partial charge on any atom is -0.161 e. The van der Waals surface area contributed by atoms with Crippen molar-refractivity contribution in [2.75, 3.05) is 5.75 Å². The third kappa shape index (κ3) is 6.09. The van der Waals surface area contributed by atoms with E-state index in [1.165, 1.54) is 6.42 Å². The lowest BCUT2D eigenvalue weighted by molar-refractivity contribution is 0.976. The van der Waals surface area contributed by atoms with Crippen LogP contribution in [0.3, 0.4) is 0 Å². The molecular formula is C6H11S. The van der Waals surface area contributed by atoms with Gasteiger partial charge in [0, 0.05) is 6.26 Å². The largest absolute Gasteiger partial charge is 0.161 e. The highest BCUT2D eigenvalue weighted by Crippen LogP contribution is 2.00. The Labute approximate surface area is 50.0 Å². The van der Waals surface area contributed by atoms with Crippen molar-refractivity contribution in [1.82, 2.24) is 0 Å². The van der Waals surface area contributed by atoms with Crippen LogP contribution in [0.2, 0.25) is 0 Å². The summed E-state index contributed by atoms with van der Waals surface area (Å²) in [5.74, 6) is 1.16. The Morgan fingerprint density at radius 3 is 2.71 bits per heavy atom. The summed E-state index contributed by atoms with van der Waals surface area (Å²) >= 11 is 1.64. The van der Waals surface area contributed by atoms with Gasteiger partial charge in [-0.25, -0.2) is 0 Å². The first-order valence-corrected chi connectivity index (χ1v) is 3.55. The summed E-state index contributed by atoms with van der Waals surface area (Å²) in [7, 11) is 0. The van der Waals surface area contributed by atoms with Crippen molar-refractivity contribution in [3.05, 3.63) is 18.9 Å². The number of rotatable bonds is 4. The number of thioether (sulfide) groups is 1. The molecule has 0 bridgehead atoms. The van der Waals surface area contributed by atoms with Crippen LogP contribution in [0, 0.1) is 6.26 Å². The van der Waals surface area contributed by atoms with Crippen molar-refractivity contribution in [2.45, 2.75) is 12.8 Å². The Bertz CT molecular complexity index is 41.4. The highest BCUT2D eigenvalue weighted by atomic mass is 32.2. The third-order valence-corrected chi connectivity index (χ3v) is 1.27. The maximum atomic E-state index is 3.64. The predicted molar refractivity (Wildman–Crippen MR) is 37.2 cm³/mol. The van der Waals surface area contributed by atoms with Gasteiger partial charge in [0.2, 0.25) is 0 Å². The lowest BCUT2D eigenvalue weighted by Gasteiger charge is -1.87. The van der Waals surface area contributed by atoms with Crippen LogP contribution >= 0.6 is 11.8 Å². The van der Waals surface area contributed by atoms with E-state index in [0.717, 1.165) is 12.2 Å². The fourth-order valence-corrected chi connectivity index (χ4v) is 0.701. The van der Waals surface area contributed by atoms with Gasteiger partial charge in [-0.1, -0.05) is 6.08 Å². The molecule has 0 amide bonds. The van der Waals surface area contributed by atoms with Gasteiger partial charge in [0.25, 0.3) is 0 Å². The summed E-state index contributed by atoms with van der Waals surface area (Å²) in [6, 6.07) is 0. The van der Waals surface area contributed by atoms with E-state index in [-0.39, 0.29) is 0 Å². The quantitative estimate of drug-likeness (QED) is 0.400. The van der Waals surface area contributed by atoms with Crippen LogP contribution in [0.15, 0.2) is 12.7 Å². The standard InChI is InChI=1S/C6H11S/c1-3-4-5-6-7-2/h3H,1-2,4-6H2. The molecule has 0 unspecified atom stereocenters. The van der Waals surface area contributed by atoms with Crippen LogP contribution in [-0.2, 0) is 0 Å². The normalized spacial score (nSPS) is 8.71. The van der Waals surface area contributed by atoms with E-state index < -0.39 is 0 Å². The fraction of sp³-hybridized carbons (Fsp3) is 0.500. The Hall–Kier alpha value is 0.0900.